The molecule has 0 bridgehead atoms. The fourth-order valence-electron chi connectivity index (χ4n) is 2.15. The largest absolute Gasteiger partial charge is 0.461 e. The molecule has 76 valence electrons. The van der Waals surface area contributed by atoms with Crippen molar-refractivity contribution in [3.05, 3.63) is 24.2 Å². The Labute approximate surface area is 82.7 Å². The SMILES string of the molecule is C[C@]1(O)CCC[C@H]1C(=O)c1ccco1. The molecule has 0 radical (unpaired) electrons. The zero-order valence-corrected chi connectivity index (χ0v) is 8.19. The molecule has 0 aromatic carbocycles. The van der Waals surface area contributed by atoms with Crippen molar-refractivity contribution in [2.75, 3.05) is 0 Å². The number of Topliss-reactive ketones (excluding diaryl/α,β-unsaturated/α-hetero) is 1. The van der Waals surface area contributed by atoms with Crippen LogP contribution in [0.15, 0.2) is 22.8 Å². The highest BCUT2D eigenvalue weighted by Gasteiger charge is 2.42. The monoisotopic (exact) mass is 194 g/mol. The van der Waals surface area contributed by atoms with Crippen molar-refractivity contribution in [1.82, 2.24) is 0 Å². The van der Waals surface area contributed by atoms with Crippen molar-refractivity contribution in [3.8, 4) is 0 Å². The quantitative estimate of drug-likeness (QED) is 0.733. The third kappa shape index (κ3) is 1.48. The van der Waals surface area contributed by atoms with Gasteiger partial charge >= 0.3 is 0 Å². The first-order chi connectivity index (χ1) is 6.61. The van der Waals surface area contributed by atoms with Crippen LogP contribution < -0.4 is 0 Å². The molecule has 14 heavy (non-hydrogen) atoms. The first-order valence-corrected chi connectivity index (χ1v) is 4.91. The fourth-order valence-corrected chi connectivity index (χ4v) is 2.15. The van der Waals surface area contributed by atoms with E-state index in [1.165, 1.54) is 6.26 Å². The van der Waals surface area contributed by atoms with E-state index in [9.17, 15) is 9.90 Å². The van der Waals surface area contributed by atoms with Gasteiger partial charge in [-0.15, -0.1) is 0 Å². The van der Waals surface area contributed by atoms with Crippen LogP contribution in [0.5, 0.6) is 0 Å². The van der Waals surface area contributed by atoms with E-state index < -0.39 is 5.60 Å². The Bertz CT molecular complexity index is 324. The molecule has 1 N–H and O–H groups in total. The third-order valence-corrected chi connectivity index (χ3v) is 3.01. The zero-order valence-electron chi connectivity index (χ0n) is 8.19. The minimum Gasteiger partial charge on any atom is -0.461 e. The molecular formula is C11H14O3. The van der Waals surface area contributed by atoms with Crippen molar-refractivity contribution in [3.63, 3.8) is 0 Å². The molecule has 3 heteroatoms. The molecule has 0 unspecified atom stereocenters. The Kier molecular flexibility index (Phi) is 2.19. The van der Waals surface area contributed by atoms with Crippen LogP contribution in [0, 0.1) is 5.92 Å². The lowest BCUT2D eigenvalue weighted by atomic mass is 9.88. The summed E-state index contributed by atoms with van der Waals surface area (Å²) in [4.78, 5) is 11.9. The third-order valence-electron chi connectivity index (χ3n) is 3.01. The lowest BCUT2D eigenvalue weighted by Gasteiger charge is -2.23. The number of carbonyl (C=O) groups is 1. The Morgan fingerprint density at radius 2 is 2.50 bits per heavy atom. The maximum atomic E-state index is 11.9. The minimum atomic E-state index is -0.857. The smallest absolute Gasteiger partial charge is 0.203 e. The van der Waals surface area contributed by atoms with E-state index in [0.29, 0.717) is 12.2 Å². The second-order valence-corrected chi connectivity index (χ2v) is 4.14. The molecule has 2 atom stereocenters. The van der Waals surface area contributed by atoms with E-state index in [0.717, 1.165) is 12.8 Å². The summed E-state index contributed by atoms with van der Waals surface area (Å²) < 4.78 is 5.04. The Balaban J connectivity index is 2.20. The van der Waals surface area contributed by atoms with E-state index in [1.54, 1.807) is 19.1 Å². The average Bonchev–Trinajstić information content (AvgIpc) is 2.71. The molecule has 0 aliphatic heterocycles. The molecule has 1 aromatic rings. The van der Waals surface area contributed by atoms with Crippen LogP contribution in [-0.4, -0.2) is 16.5 Å². The van der Waals surface area contributed by atoms with Crippen LogP contribution in [0.2, 0.25) is 0 Å². The number of furan rings is 1. The molecule has 1 saturated carbocycles. The van der Waals surface area contributed by atoms with Gasteiger partial charge in [0, 0.05) is 0 Å². The van der Waals surface area contributed by atoms with E-state index in [1.807, 2.05) is 0 Å². The summed E-state index contributed by atoms with van der Waals surface area (Å²) in [6, 6.07) is 3.34. The van der Waals surface area contributed by atoms with Crippen molar-refractivity contribution in [1.29, 1.82) is 0 Å². The van der Waals surface area contributed by atoms with Gasteiger partial charge in [-0.3, -0.25) is 4.79 Å². The molecule has 1 aliphatic rings. The van der Waals surface area contributed by atoms with E-state index >= 15 is 0 Å². The summed E-state index contributed by atoms with van der Waals surface area (Å²) in [6.07, 6.45) is 3.84. The van der Waals surface area contributed by atoms with Crippen LogP contribution in [0.25, 0.3) is 0 Å². The molecule has 1 fully saturated rings. The molecular weight excluding hydrogens is 180 g/mol. The summed E-state index contributed by atoms with van der Waals surface area (Å²) in [7, 11) is 0. The van der Waals surface area contributed by atoms with E-state index in [4.69, 9.17) is 4.42 Å². The molecule has 1 aliphatic carbocycles. The van der Waals surface area contributed by atoms with Crippen molar-refractivity contribution in [2.24, 2.45) is 5.92 Å². The van der Waals surface area contributed by atoms with E-state index in [-0.39, 0.29) is 11.7 Å². The maximum absolute atomic E-state index is 11.9. The number of rotatable bonds is 2. The lowest BCUT2D eigenvalue weighted by Crippen LogP contribution is -2.34. The van der Waals surface area contributed by atoms with Crippen LogP contribution in [-0.2, 0) is 0 Å². The van der Waals surface area contributed by atoms with Crippen molar-refractivity contribution in [2.45, 2.75) is 31.8 Å². The molecule has 0 spiro atoms. The van der Waals surface area contributed by atoms with Crippen molar-refractivity contribution < 1.29 is 14.3 Å². The van der Waals surface area contributed by atoms with Gasteiger partial charge in [0.1, 0.15) is 0 Å². The van der Waals surface area contributed by atoms with Crippen LogP contribution >= 0.6 is 0 Å². The summed E-state index contributed by atoms with van der Waals surface area (Å²) >= 11 is 0. The zero-order chi connectivity index (χ0) is 10.2. The highest BCUT2D eigenvalue weighted by Crippen LogP contribution is 2.37. The Morgan fingerprint density at radius 1 is 1.71 bits per heavy atom. The van der Waals surface area contributed by atoms with Gasteiger partial charge in [-0.1, -0.05) is 0 Å². The molecule has 1 aromatic heterocycles. The maximum Gasteiger partial charge on any atom is 0.203 e. The summed E-state index contributed by atoms with van der Waals surface area (Å²) in [5, 5.41) is 9.96. The number of aliphatic hydroxyl groups is 1. The van der Waals surface area contributed by atoms with Gasteiger partial charge in [-0.25, -0.2) is 0 Å². The molecule has 3 nitrogen and oxygen atoms in total. The predicted octanol–water partition coefficient (Wildman–Crippen LogP) is 2.01. The van der Waals surface area contributed by atoms with Crippen LogP contribution in [0.4, 0.5) is 0 Å². The molecule has 0 amide bonds. The van der Waals surface area contributed by atoms with Gasteiger partial charge in [-0.2, -0.15) is 0 Å². The average molecular weight is 194 g/mol. The number of hydrogen-bond acceptors (Lipinski definition) is 3. The Hall–Kier alpha value is -1.09. The van der Waals surface area contributed by atoms with Gasteiger partial charge in [0.25, 0.3) is 0 Å². The first-order valence-electron chi connectivity index (χ1n) is 4.91. The molecule has 1 heterocycles. The first kappa shape index (κ1) is 9.46. The number of ketones is 1. The lowest BCUT2D eigenvalue weighted by molar-refractivity contribution is 0.0210. The molecule has 0 saturated heterocycles. The normalized spacial score (nSPS) is 32.0. The Morgan fingerprint density at radius 3 is 3.00 bits per heavy atom. The standard InChI is InChI=1S/C11H14O3/c1-11(13)6-2-4-8(11)10(12)9-5-3-7-14-9/h3,5,7-8,13H,2,4,6H2,1H3/t8-,11-/m0/s1. The second kappa shape index (κ2) is 3.24. The number of carbonyl (C=O) groups excluding carboxylic acids is 1. The van der Waals surface area contributed by atoms with Crippen molar-refractivity contribution >= 4 is 5.78 Å². The van der Waals surface area contributed by atoms with E-state index in [2.05, 4.69) is 0 Å². The molecule has 2 rings (SSSR count). The van der Waals surface area contributed by atoms with Gasteiger partial charge in [0.05, 0.1) is 17.8 Å². The highest BCUT2D eigenvalue weighted by molar-refractivity contribution is 5.96. The van der Waals surface area contributed by atoms with Crippen LogP contribution in [0.3, 0.4) is 0 Å². The summed E-state index contributed by atoms with van der Waals surface area (Å²) in [5.41, 5.74) is -0.857. The minimum absolute atomic E-state index is 0.0718. The predicted molar refractivity (Wildman–Crippen MR) is 51.0 cm³/mol. The fraction of sp³-hybridized carbons (Fsp3) is 0.545. The van der Waals surface area contributed by atoms with Gasteiger partial charge in [0.2, 0.25) is 5.78 Å². The topological polar surface area (TPSA) is 50.4 Å². The van der Waals surface area contributed by atoms with Gasteiger partial charge in [0.15, 0.2) is 5.76 Å². The summed E-state index contributed by atoms with van der Waals surface area (Å²) in [6.45, 7) is 1.73. The highest BCUT2D eigenvalue weighted by atomic mass is 16.3. The second-order valence-electron chi connectivity index (χ2n) is 4.14. The van der Waals surface area contributed by atoms with Gasteiger partial charge < -0.3 is 9.52 Å². The number of hydrogen-bond donors (Lipinski definition) is 1. The van der Waals surface area contributed by atoms with Crippen LogP contribution in [0.1, 0.15) is 36.7 Å². The van der Waals surface area contributed by atoms with Gasteiger partial charge in [-0.05, 0) is 38.3 Å². The summed E-state index contributed by atoms with van der Waals surface area (Å²) in [5.74, 6) is -0.0108.